The fraction of sp³-hybridized carbons (Fsp3) is 0.529. The molecule has 1 fully saturated rings. The molecular formula is C17H23ClN4O. The lowest BCUT2D eigenvalue weighted by atomic mass is 9.92. The third-order valence-corrected chi connectivity index (χ3v) is 4.81. The molecule has 0 radical (unpaired) electrons. The second kappa shape index (κ2) is 6.99. The second-order valence-electron chi connectivity index (χ2n) is 6.35. The molecule has 2 N–H and O–H groups in total. The Morgan fingerprint density at radius 1 is 1.30 bits per heavy atom. The van der Waals surface area contributed by atoms with E-state index in [1.54, 1.807) is 0 Å². The molecular weight excluding hydrogens is 312 g/mol. The summed E-state index contributed by atoms with van der Waals surface area (Å²) >= 11 is 6.06. The van der Waals surface area contributed by atoms with Crippen molar-refractivity contribution < 1.29 is 5.11 Å². The van der Waals surface area contributed by atoms with E-state index in [2.05, 4.69) is 22.6 Å². The van der Waals surface area contributed by atoms with Crippen molar-refractivity contribution in [1.29, 1.82) is 0 Å². The molecule has 1 saturated carbocycles. The fourth-order valence-electron chi connectivity index (χ4n) is 3.27. The fourth-order valence-corrected chi connectivity index (χ4v) is 3.45. The molecule has 0 aliphatic heterocycles. The number of hydrogen-bond donors (Lipinski definition) is 2. The normalized spacial score (nSPS) is 23.0. The first kappa shape index (κ1) is 16.4. The van der Waals surface area contributed by atoms with Crippen LogP contribution in [0.3, 0.4) is 0 Å². The molecule has 124 valence electrons. The molecule has 0 bridgehead atoms. The molecule has 0 saturated heterocycles. The summed E-state index contributed by atoms with van der Waals surface area (Å²) in [5, 5.41) is 22.6. The minimum Gasteiger partial charge on any atom is -0.393 e. The maximum atomic E-state index is 9.61. The van der Waals surface area contributed by atoms with Crippen molar-refractivity contribution in [2.75, 3.05) is 0 Å². The summed E-state index contributed by atoms with van der Waals surface area (Å²) in [4.78, 5) is 0. The highest BCUT2D eigenvalue weighted by atomic mass is 35.5. The van der Waals surface area contributed by atoms with Gasteiger partial charge in [-0.15, -0.1) is 5.10 Å². The van der Waals surface area contributed by atoms with Crippen molar-refractivity contribution in [2.24, 2.45) is 0 Å². The van der Waals surface area contributed by atoms with Crippen LogP contribution in [0.4, 0.5) is 0 Å². The van der Waals surface area contributed by atoms with Crippen LogP contribution in [0.25, 0.3) is 5.69 Å². The Hall–Kier alpha value is -1.43. The highest BCUT2D eigenvalue weighted by molar-refractivity contribution is 6.30. The Bertz CT molecular complexity index is 664. The summed E-state index contributed by atoms with van der Waals surface area (Å²) in [6, 6.07) is 8.17. The third kappa shape index (κ3) is 3.74. The van der Waals surface area contributed by atoms with Gasteiger partial charge in [0, 0.05) is 11.1 Å². The van der Waals surface area contributed by atoms with Gasteiger partial charge in [-0.25, -0.2) is 4.68 Å². The first-order valence-electron chi connectivity index (χ1n) is 8.17. The number of aromatic nitrogens is 3. The lowest BCUT2D eigenvalue weighted by Gasteiger charge is -2.28. The molecule has 1 atom stereocenters. The van der Waals surface area contributed by atoms with Gasteiger partial charge in [-0.05, 0) is 57.7 Å². The molecule has 1 aliphatic rings. The number of aliphatic hydroxyl groups excluding tert-OH is 1. The lowest BCUT2D eigenvalue weighted by molar-refractivity contribution is 0.114. The summed E-state index contributed by atoms with van der Waals surface area (Å²) in [5.41, 5.74) is 2.89. The van der Waals surface area contributed by atoms with Crippen molar-refractivity contribution in [3.8, 4) is 5.69 Å². The highest BCUT2D eigenvalue weighted by Crippen LogP contribution is 2.24. The van der Waals surface area contributed by atoms with Crippen LogP contribution in [-0.2, 0) is 0 Å². The Morgan fingerprint density at radius 3 is 2.74 bits per heavy atom. The standard InChI is InChI=1S/C17H23ClN4O/c1-11(19-14-6-8-16(23)9-7-14)17-12(2)22(21-20-17)15-5-3-4-13(18)10-15/h3-5,10-11,14,16,19,23H,6-9H2,1-2H3. The van der Waals surface area contributed by atoms with Gasteiger partial charge in [0.15, 0.2) is 0 Å². The number of rotatable bonds is 4. The van der Waals surface area contributed by atoms with E-state index in [1.807, 2.05) is 35.9 Å². The van der Waals surface area contributed by atoms with Crippen molar-refractivity contribution in [2.45, 2.75) is 57.7 Å². The molecule has 2 aromatic rings. The Labute approximate surface area is 141 Å². The Balaban J connectivity index is 1.73. The van der Waals surface area contributed by atoms with E-state index in [0.717, 1.165) is 42.8 Å². The molecule has 5 nitrogen and oxygen atoms in total. The minimum absolute atomic E-state index is 0.128. The van der Waals surface area contributed by atoms with Crippen LogP contribution in [0.2, 0.25) is 5.02 Å². The zero-order valence-corrected chi connectivity index (χ0v) is 14.3. The predicted molar refractivity (Wildman–Crippen MR) is 90.9 cm³/mol. The molecule has 6 heteroatoms. The van der Waals surface area contributed by atoms with Crippen LogP contribution in [-0.4, -0.2) is 32.2 Å². The van der Waals surface area contributed by atoms with Crippen LogP contribution in [0.15, 0.2) is 24.3 Å². The molecule has 1 heterocycles. The number of nitrogens with zero attached hydrogens (tertiary/aromatic N) is 3. The zero-order valence-electron chi connectivity index (χ0n) is 13.5. The first-order valence-corrected chi connectivity index (χ1v) is 8.54. The Kier molecular flexibility index (Phi) is 4.99. The van der Waals surface area contributed by atoms with Crippen molar-refractivity contribution in [3.05, 3.63) is 40.7 Å². The summed E-state index contributed by atoms with van der Waals surface area (Å²) in [6.07, 6.45) is 3.63. The van der Waals surface area contributed by atoms with E-state index in [0.29, 0.717) is 11.1 Å². The second-order valence-corrected chi connectivity index (χ2v) is 6.78. The van der Waals surface area contributed by atoms with Crippen LogP contribution in [0, 0.1) is 6.92 Å². The van der Waals surface area contributed by atoms with Crippen LogP contribution in [0.5, 0.6) is 0 Å². The SMILES string of the molecule is Cc1c(C(C)NC2CCC(O)CC2)nnn1-c1cccc(Cl)c1. The van der Waals surface area contributed by atoms with E-state index in [4.69, 9.17) is 11.6 Å². The number of benzene rings is 1. The smallest absolute Gasteiger partial charge is 0.103 e. The average Bonchev–Trinajstić information content (AvgIpc) is 2.91. The van der Waals surface area contributed by atoms with Crippen molar-refractivity contribution >= 4 is 11.6 Å². The van der Waals surface area contributed by atoms with Crippen LogP contribution >= 0.6 is 11.6 Å². The topological polar surface area (TPSA) is 63.0 Å². The van der Waals surface area contributed by atoms with E-state index >= 15 is 0 Å². The zero-order chi connectivity index (χ0) is 16.4. The molecule has 1 aromatic heterocycles. The van der Waals surface area contributed by atoms with Gasteiger partial charge in [0.2, 0.25) is 0 Å². The molecule has 23 heavy (non-hydrogen) atoms. The van der Waals surface area contributed by atoms with Crippen molar-refractivity contribution in [1.82, 2.24) is 20.3 Å². The van der Waals surface area contributed by atoms with E-state index in [1.165, 1.54) is 0 Å². The summed E-state index contributed by atoms with van der Waals surface area (Å²) in [6.45, 7) is 4.14. The molecule has 3 rings (SSSR count). The van der Waals surface area contributed by atoms with Gasteiger partial charge in [-0.1, -0.05) is 22.9 Å². The van der Waals surface area contributed by atoms with Gasteiger partial charge in [0.1, 0.15) is 5.69 Å². The summed E-state index contributed by atoms with van der Waals surface area (Å²) in [7, 11) is 0. The van der Waals surface area contributed by atoms with Crippen LogP contribution in [0.1, 0.15) is 50.0 Å². The summed E-state index contributed by atoms with van der Waals surface area (Å²) in [5.74, 6) is 0. The molecule has 0 amide bonds. The van der Waals surface area contributed by atoms with Gasteiger partial charge in [-0.3, -0.25) is 0 Å². The Morgan fingerprint density at radius 2 is 2.04 bits per heavy atom. The van der Waals surface area contributed by atoms with Gasteiger partial charge < -0.3 is 10.4 Å². The van der Waals surface area contributed by atoms with Gasteiger partial charge in [-0.2, -0.15) is 0 Å². The van der Waals surface area contributed by atoms with E-state index in [-0.39, 0.29) is 12.1 Å². The first-order chi connectivity index (χ1) is 11.0. The maximum Gasteiger partial charge on any atom is 0.103 e. The maximum absolute atomic E-state index is 9.61. The average molecular weight is 335 g/mol. The number of aliphatic hydroxyl groups is 1. The largest absolute Gasteiger partial charge is 0.393 e. The minimum atomic E-state index is -0.131. The molecule has 1 unspecified atom stereocenters. The van der Waals surface area contributed by atoms with E-state index < -0.39 is 0 Å². The van der Waals surface area contributed by atoms with Gasteiger partial charge in [0.05, 0.1) is 23.5 Å². The number of nitrogens with one attached hydrogen (secondary N) is 1. The van der Waals surface area contributed by atoms with Gasteiger partial charge in [0.25, 0.3) is 0 Å². The summed E-state index contributed by atoms with van der Waals surface area (Å²) < 4.78 is 1.82. The molecule has 0 spiro atoms. The number of halogens is 1. The monoisotopic (exact) mass is 334 g/mol. The quantitative estimate of drug-likeness (QED) is 0.901. The molecule has 1 aliphatic carbocycles. The van der Waals surface area contributed by atoms with Crippen LogP contribution < -0.4 is 5.32 Å². The number of hydrogen-bond acceptors (Lipinski definition) is 4. The third-order valence-electron chi connectivity index (χ3n) is 4.58. The van der Waals surface area contributed by atoms with E-state index in [9.17, 15) is 5.11 Å². The predicted octanol–water partition coefficient (Wildman–Crippen LogP) is 3.18. The lowest BCUT2D eigenvalue weighted by Crippen LogP contribution is -2.36. The van der Waals surface area contributed by atoms with Gasteiger partial charge >= 0.3 is 0 Å². The van der Waals surface area contributed by atoms with Crippen molar-refractivity contribution in [3.63, 3.8) is 0 Å². The molecule has 1 aromatic carbocycles. The highest BCUT2D eigenvalue weighted by Gasteiger charge is 2.23.